The molecule has 5 nitrogen and oxygen atoms in total. The molecule has 2 rings (SSSR count). The highest BCUT2D eigenvalue weighted by molar-refractivity contribution is 9.10. The molecule has 0 aliphatic rings. The third-order valence-corrected chi connectivity index (χ3v) is 4.38. The molecule has 0 aromatic carbocycles. The number of hydrogen-bond donors (Lipinski definition) is 0. The lowest BCUT2D eigenvalue weighted by Crippen LogP contribution is -2.05. The molecule has 0 saturated carbocycles. The topological polar surface area (TPSA) is 64.3 Å². The van der Waals surface area contributed by atoms with Gasteiger partial charge in [-0.1, -0.05) is 13.8 Å². The van der Waals surface area contributed by atoms with Crippen LogP contribution < -0.4 is 0 Å². The van der Waals surface area contributed by atoms with Gasteiger partial charge in [0.1, 0.15) is 4.60 Å². The molecule has 18 heavy (non-hydrogen) atoms. The summed E-state index contributed by atoms with van der Waals surface area (Å²) in [5, 5.41) is 4.13. The number of aromatic nitrogens is 3. The lowest BCUT2D eigenvalue weighted by molar-refractivity contribution is 0.595. The first kappa shape index (κ1) is 13.8. The van der Waals surface area contributed by atoms with Crippen LogP contribution >= 0.6 is 26.6 Å². The summed E-state index contributed by atoms with van der Waals surface area (Å²) in [6.45, 7) is 4.13. The van der Waals surface area contributed by atoms with Crippen LogP contribution in [0.4, 0.5) is 0 Å². The van der Waals surface area contributed by atoms with E-state index in [1.807, 2.05) is 6.07 Å². The molecule has 2 aromatic heterocycles. The molecule has 0 N–H and O–H groups in total. The Kier molecular flexibility index (Phi) is 3.66. The van der Waals surface area contributed by atoms with Crippen molar-refractivity contribution in [2.75, 3.05) is 0 Å². The third kappa shape index (κ3) is 2.67. The fraction of sp³-hybridized carbons (Fsp3) is 0.400. The number of nitrogens with zero attached hydrogens (tertiary/aromatic N) is 3. The summed E-state index contributed by atoms with van der Waals surface area (Å²) in [6.07, 6.45) is 0.757. The standard InChI is InChI=1S/C10H11BrClN3O2S/c1-6(2)5-7-3-4-8-13-9(11)10(15(8)14-7)18(12,16)17/h3-4,6H,5H2,1-2H3. The van der Waals surface area contributed by atoms with E-state index in [4.69, 9.17) is 10.7 Å². The van der Waals surface area contributed by atoms with Crippen molar-refractivity contribution in [1.29, 1.82) is 0 Å². The van der Waals surface area contributed by atoms with Crippen LogP contribution in [0.15, 0.2) is 21.8 Å². The van der Waals surface area contributed by atoms with Crippen LogP contribution in [0.5, 0.6) is 0 Å². The lowest BCUT2D eigenvalue weighted by Gasteiger charge is -2.04. The van der Waals surface area contributed by atoms with E-state index in [9.17, 15) is 8.42 Å². The fourth-order valence-electron chi connectivity index (χ4n) is 1.66. The smallest absolute Gasteiger partial charge is 0.219 e. The predicted octanol–water partition coefficient (Wildman–Crippen LogP) is 2.62. The summed E-state index contributed by atoms with van der Waals surface area (Å²) < 4.78 is 24.4. The molecule has 0 spiro atoms. The summed E-state index contributed by atoms with van der Waals surface area (Å²) in [5.74, 6) is 0.429. The van der Waals surface area contributed by atoms with Gasteiger partial charge in [0.25, 0.3) is 9.05 Å². The largest absolute Gasteiger partial charge is 0.281 e. The molecule has 0 saturated heterocycles. The van der Waals surface area contributed by atoms with Crippen molar-refractivity contribution < 1.29 is 8.42 Å². The van der Waals surface area contributed by atoms with Gasteiger partial charge >= 0.3 is 0 Å². The summed E-state index contributed by atoms with van der Waals surface area (Å²) in [5.41, 5.74) is 1.23. The maximum Gasteiger partial charge on any atom is 0.281 e. The minimum Gasteiger partial charge on any atom is -0.219 e. The van der Waals surface area contributed by atoms with E-state index in [0.717, 1.165) is 12.1 Å². The molecule has 2 heterocycles. The average Bonchev–Trinajstić information content (AvgIpc) is 2.51. The second-order valence-corrected chi connectivity index (χ2v) is 7.57. The first-order chi connectivity index (χ1) is 8.29. The van der Waals surface area contributed by atoms with Crippen LogP contribution in [0.3, 0.4) is 0 Å². The Bertz CT molecular complexity index is 696. The van der Waals surface area contributed by atoms with Crippen molar-refractivity contribution in [3.8, 4) is 0 Å². The van der Waals surface area contributed by atoms with Gasteiger partial charge in [0.15, 0.2) is 5.65 Å². The Morgan fingerprint density at radius 2 is 2.11 bits per heavy atom. The zero-order valence-corrected chi connectivity index (χ0v) is 12.9. The van der Waals surface area contributed by atoms with Gasteiger partial charge in [0.2, 0.25) is 5.03 Å². The predicted molar refractivity (Wildman–Crippen MR) is 72.3 cm³/mol. The number of halogens is 2. The zero-order valence-electron chi connectivity index (χ0n) is 9.76. The molecule has 8 heteroatoms. The van der Waals surface area contributed by atoms with Crippen LogP contribution in [-0.4, -0.2) is 23.0 Å². The van der Waals surface area contributed by atoms with Crippen LogP contribution in [0.1, 0.15) is 19.5 Å². The van der Waals surface area contributed by atoms with E-state index in [1.165, 1.54) is 4.52 Å². The monoisotopic (exact) mass is 351 g/mol. The van der Waals surface area contributed by atoms with E-state index in [1.54, 1.807) is 6.07 Å². The van der Waals surface area contributed by atoms with Gasteiger partial charge in [-0.2, -0.15) is 9.61 Å². The molecule has 0 fully saturated rings. The average molecular weight is 353 g/mol. The minimum absolute atomic E-state index is 0.134. The Labute approximate surface area is 118 Å². The van der Waals surface area contributed by atoms with E-state index >= 15 is 0 Å². The fourth-order valence-corrected chi connectivity index (χ4v) is 3.93. The van der Waals surface area contributed by atoms with Gasteiger partial charge in [-0.25, -0.2) is 13.4 Å². The van der Waals surface area contributed by atoms with Crippen molar-refractivity contribution >= 4 is 41.3 Å². The zero-order chi connectivity index (χ0) is 13.5. The Balaban J connectivity index is 2.67. The summed E-state index contributed by atoms with van der Waals surface area (Å²) in [4.78, 5) is 4.05. The van der Waals surface area contributed by atoms with Crippen molar-refractivity contribution in [2.45, 2.75) is 25.3 Å². The van der Waals surface area contributed by atoms with Crippen LogP contribution in [0.2, 0.25) is 0 Å². The second kappa shape index (κ2) is 4.79. The maximum atomic E-state index is 11.5. The van der Waals surface area contributed by atoms with Gasteiger partial charge in [-0.3, -0.25) is 0 Å². The number of rotatable bonds is 3. The highest BCUT2D eigenvalue weighted by Gasteiger charge is 2.23. The summed E-state index contributed by atoms with van der Waals surface area (Å²) >= 11 is 3.09. The summed E-state index contributed by atoms with van der Waals surface area (Å²) in [6, 6.07) is 3.56. The van der Waals surface area contributed by atoms with Crippen molar-refractivity contribution in [3.05, 3.63) is 22.4 Å². The van der Waals surface area contributed by atoms with Gasteiger partial charge in [0.05, 0.1) is 5.69 Å². The SMILES string of the molecule is CC(C)Cc1ccc2nc(Br)c(S(=O)(=O)Cl)n2n1. The van der Waals surface area contributed by atoms with Gasteiger partial charge in [0, 0.05) is 10.7 Å². The molecular formula is C10H11BrClN3O2S. The molecule has 0 aliphatic heterocycles. The third-order valence-electron chi connectivity index (χ3n) is 2.30. The van der Waals surface area contributed by atoms with Crippen LogP contribution in [0.25, 0.3) is 5.65 Å². The minimum atomic E-state index is -3.90. The quantitative estimate of drug-likeness (QED) is 0.797. The molecule has 0 bridgehead atoms. The number of fused-ring (bicyclic) bond motifs is 1. The summed E-state index contributed by atoms with van der Waals surface area (Å²) in [7, 11) is 1.48. The highest BCUT2D eigenvalue weighted by Crippen LogP contribution is 2.25. The molecule has 0 unspecified atom stereocenters. The molecule has 2 aromatic rings. The molecule has 0 amide bonds. The molecule has 0 atom stereocenters. The number of hydrogen-bond acceptors (Lipinski definition) is 4. The van der Waals surface area contributed by atoms with Crippen molar-refractivity contribution in [2.24, 2.45) is 5.92 Å². The Hall–Kier alpha value is -0.660. The van der Waals surface area contributed by atoms with Gasteiger partial charge < -0.3 is 0 Å². The van der Waals surface area contributed by atoms with Gasteiger partial charge in [-0.05, 0) is 40.4 Å². The molecule has 0 radical (unpaired) electrons. The van der Waals surface area contributed by atoms with Crippen LogP contribution in [0, 0.1) is 5.92 Å². The molecule has 98 valence electrons. The Morgan fingerprint density at radius 1 is 1.44 bits per heavy atom. The number of imidazole rings is 1. The first-order valence-corrected chi connectivity index (χ1v) is 8.38. The Morgan fingerprint density at radius 3 is 2.67 bits per heavy atom. The highest BCUT2D eigenvalue weighted by atomic mass is 79.9. The second-order valence-electron chi connectivity index (χ2n) is 4.34. The van der Waals surface area contributed by atoms with Crippen LogP contribution in [-0.2, 0) is 15.5 Å². The first-order valence-electron chi connectivity index (χ1n) is 5.28. The van der Waals surface area contributed by atoms with E-state index in [-0.39, 0.29) is 9.63 Å². The lowest BCUT2D eigenvalue weighted by atomic mass is 10.1. The molecule has 0 aliphatic carbocycles. The molecular weight excluding hydrogens is 342 g/mol. The maximum absolute atomic E-state index is 11.5. The van der Waals surface area contributed by atoms with Crippen molar-refractivity contribution in [3.63, 3.8) is 0 Å². The van der Waals surface area contributed by atoms with E-state index < -0.39 is 9.05 Å². The van der Waals surface area contributed by atoms with Gasteiger partial charge in [-0.15, -0.1) is 0 Å². The van der Waals surface area contributed by atoms with E-state index in [0.29, 0.717) is 11.6 Å². The normalized spacial score (nSPS) is 12.5. The van der Waals surface area contributed by atoms with Crippen molar-refractivity contribution in [1.82, 2.24) is 14.6 Å². The van der Waals surface area contributed by atoms with E-state index in [2.05, 4.69) is 39.9 Å².